The quantitative estimate of drug-likeness (QED) is 0.796. The normalized spacial score (nSPS) is 12.9. The third-order valence-electron chi connectivity index (χ3n) is 3.36. The zero-order chi connectivity index (χ0) is 13.2. The Balaban J connectivity index is 3.13. The third-order valence-corrected chi connectivity index (χ3v) is 3.36. The summed E-state index contributed by atoms with van der Waals surface area (Å²) in [6.07, 6.45) is 0. The Morgan fingerprint density at radius 2 is 1.94 bits per heavy atom. The van der Waals surface area contributed by atoms with Crippen LogP contribution in [0.1, 0.15) is 33.3 Å². The van der Waals surface area contributed by atoms with Crippen molar-refractivity contribution in [2.45, 2.75) is 33.7 Å². The van der Waals surface area contributed by atoms with Crippen molar-refractivity contribution in [3.8, 4) is 6.07 Å². The van der Waals surface area contributed by atoms with Crippen LogP contribution in [0.2, 0.25) is 0 Å². The largest absolute Gasteiger partial charge is 0.399 e. The van der Waals surface area contributed by atoms with Crippen molar-refractivity contribution in [3.05, 3.63) is 23.8 Å². The molecule has 0 amide bonds. The molecule has 0 bridgehead atoms. The van der Waals surface area contributed by atoms with Gasteiger partial charge in [0.2, 0.25) is 0 Å². The van der Waals surface area contributed by atoms with E-state index in [4.69, 9.17) is 11.0 Å². The molecule has 3 heteroatoms. The minimum absolute atomic E-state index is 0.156. The SMILES string of the molecule is CC(N(C)c1ccc(N)cc1C#N)C(C)(C)C. The van der Waals surface area contributed by atoms with Gasteiger partial charge in [0.25, 0.3) is 0 Å². The van der Waals surface area contributed by atoms with Gasteiger partial charge in [-0.2, -0.15) is 5.26 Å². The first-order chi connectivity index (χ1) is 7.77. The Bertz CT molecular complexity index is 438. The van der Waals surface area contributed by atoms with E-state index >= 15 is 0 Å². The number of benzene rings is 1. The molecule has 0 spiro atoms. The Hall–Kier alpha value is -1.69. The molecule has 1 rings (SSSR count). The van der Waals surface area contributed by atoms with Crippen molar-refractivity contribution in [1.29, 1.82) is 5.26 Å². The number of hydrogen-bond donors (Lipinski definition) is 1. The summed E-state index contributed by atoms with van der Waals surface area (Å²) in [6, 6.07) is 8.01. The molecular formula is C14H21N3. The molecule has 0 saturated carbocycles. The highest BCUT2D eigenvalue weighted by molar-refractivity contribution is 5.64. The zero-order valence-electron chi connectivity index (χ0n) is 11.3. The highest BCUT2D eigenvalue weighted by Crippen LogP contribution is 2.30. The minimum Gasteiger partial charge on any atom is -0.399 e. The maximum atomic E-state index is 9.14. The molecule has 0 aliphatic carbocycles. The maximum Gasteiger partial charge on any atom is 0.101 e. The molecule has 0 heterocycles. The fourth-order valence-corrected chi connectivity index (χ4v) is 1.74. The standard InChI is InChI=1S/C14H21N3/c1-10(14(2,3)4)17(5)13-7-6-12(16)8-11(13)9-15/h6-8,10H,16H2,1-5H3. The average molecular weight is 231 g/mol. The van der Waals surface area contributed by atoms with Crippen LogP contribution in [0.25, 0.3) is 0 Å². The molecule has 0 aromatic heterocycles. The van der Waals surface area contributed by atoms with Gasteiger partial charge in [0.15, 0.2) is 0 Å². The lowest BCUT2D eigenvalue weighted by Crippen LogP contribution is -2.39. The summed E-state index contributed by atoms with van der Waals surface area (Å²) < 4.78 is 0. The Morgan fingerprint density at radius 1 is 1.35 bits per heavy atom. The van der Waals surface area contributed by atoms with Crippen molar-refractivity contribution in [1.82, 2.24) is 0 Å². The van der Waals surface area contributed by atoms with E-state index in [1.165, 1.54) is 0 Å². The van der Waals surface area contributed by atoms with Gasteiger partial charge in [-0.05, 0) is 30.5 Å². The van der Waals surface area contributed by atoms with Crippen molar-refractivity contribution in [3.63, 3.8) is 0 Å². The second-order valence-corrected chi connectivity index (χ2v) is 5.54. The molecule has 0 saturated heterocycles. The topological polar surface area (TPSA) is 53.0 Å². The molecule has 3 nitrogen and oxygen atoms in total. The monoisotopic (exact) mass is 231 g/mol. The van der Waals surface area contributed by atoms with E-state index in [9.17, 15) is 0 Å². The summed E-state index contributed by atoms with van der Waals surface area (Å²) in [7, 11) is 2.02. The first-order valence-electron chi connectivity index (χ1n) is 5.80. The Kier molecular flexibility index (Phi) is 3.67. The zero-order valence-corrected chi connectivity index (χ0v) is 11.3. The van der Waals surface area contributed by atoms with Crippen LogP contribution in [0.15, 0.2) is 18.2 Å². The maximum absolute atomic E-state index is 9.14. The number of rotatable bonds is 2. The van der Waals surface area contributed by atoms with Gasteiger partial charge >= 0.3 is 0 Å². The third kappa shape index (κ3) is 2.91. The van der Waals surface area contributed by atoms with Crippen LogP contribution >= 0.6 is 0 Å². The summed E-state index contributed by atoms with van der Waals surface area (Å²) in [5.41, 5.74) is 8.04. The number of nitrogens with two attached hydrogens (primary N) is 1. The average Bonchev–Trinajstić information content (AvgIpc) is 2.25. The summed E-state index contributed by atoms with van der Waals surface area (Å²) >= 11 is 0. The lowest BCUT2D eigenvalue weighted by molar-refractivity contribution is 0.329. The molecule has 0 aliphatic rings. The molecular weight excluding hydrogens is 210 g/mol. The van der Waals surface area contributed by atoms with Crippen LogP contribution in [-0.2, 0) is 0 Å². The van der Waals surface area contributed by atoms with Gasteiger partial charge in [-0.3, -0.25) is 0 Å². The molecule has 0 aliphatic heterocycles. The molecule has 1 atom stereocenters. The van der Waals surface area contributed by atoms with Gasteiger partial charge in [-0.1, -0.05) is 20.8 Å². The highest BCUT2D eigenvalue weighted by atomic mass is 15.1. The lowest BCUT2D eigenvalue weighted by atomic mass is 9.86. The smallest absolute Gasteiger partial charge is 0.101 e. The number of anilines is 2. The van der Waals surface area contributed by atoms with Crippen molar-refractivity contribution in [2.24, 2.45) is 5.41 Å². The fourth-order valence-electron chi connectivity index (χ4n) is 1.74. The van der Waals surface area contributed by atoms with Gasteiger partial charge in [0, 0.05) is 18.8 Å². The predicted molar refractivity (Wildman–Crippen MR) is 72.9 cm³/mol. The Labute approximate surface area is 104 Å². The molecule has 2 N–H and O–H groups in total. The number of nitrogen functional groups attached to an aromatic ring is 1. The van der Waals surface area contributed by atoms with Gasteiger partial charge < -0.3 is 10.6 Å². The van der Waals surface area contributed by atoms with Crippen LogP contribution in [0.5, 0.6) is 0 Å². The van der Waals surface area contributed by atoms with E-state index in [1.807, 2.05) is 19.2 Å². The summed E-state index contributed by atoms with van der Waals surface area (Å²) in [5.74, 6) is 0. The lowest BCUT2D eigenvalue weighted by Gasteiger charge is -2.37. The van der Waals surface area contributed by atoms with E-state index < -0.39 is 0 Å². The first kappa shape index (κ1) is 13.4. The van der Waals surface area contributed by atoms with Crippen molar-refractivity contribution < 1.29 is 0 Å². The molecule has 0 radical (unpaired) electrons. The minimum atomic E-state index is 0.156. The number of nitrogens with zero attached hydrogens (tertiary/aromatic N) is 2. The fraction of sp³-hybridized carbons (Fsp3) is 0.500. The van der Waals surface area contributed by atoms with E-state index in [0.717, 1.165) is 5.69 Å². The summed E-state index contributed by atoms with van der Waals surface area (Å²) in [6.45, 7) is 8.74. The van der Waals surface area contributed by atoms with Crippen molar-refractivity contribution in [2.75, 3.05) is 17.7 Å². The van der Waals surface area contributed by atoms with Gasteiger partial charge in [0.1, 0.15) is 6.07 Å². The Morgan fingerprint density at radius 3 is 2.41 bits per heavy atom. The van der Waals surface area contributed by atoms with Crippen LogP contribution in [-0.4, -0.2) is 13.1 Å². The molecule has 17 heavy (non-hydrogen) atoms. The van der Waals surface area contributed by atoms with Crippen molar-refractivity contribution >= 4 is 11.4 Å². The van der Waals surface area contributed by atoms with Crippen LogP contribution < -0.4 is 10.6 Å². The molecule has 1 aromatic carbocycles. The van der Waals surface area contributed by atoms with Crippen LogP contribution in [0.4, 0.5) is 11.4 Å². The highest BCUT2D eigenvalue weighted by Gasteiger charge is 2.25. The van der Waals surface area contributed by atoms with Gasteiger partial charge in [0.05, 0.1) is 11.3 Å². The van der Waals surface area contributed by atoms with Gasteiger partial charge in [-0.15, -0.1) is 0 Å². The molecule has 0 fully saturated rings. The number of hydrogen-bond acceptors (Lipinski definition) is 3. The summed E-state index contributed by atoms with van der Waals surface area (Å²) in [4.78, 5) is 2.14. The van der Waals surface area contributed by atoms with E-state index in [0.29, 0.717) is 17.3 Å². The second-order valence-electron chi connectivity index (χ2n) is 5.54. The summed E-state index contributed by atoms with van der Waals surface area (Å²) in [5, 5.41) is 9.14. The predicted octanol–water partition coefficient (Wildman–Crippen LogP) is 3.01. The van der Waals surface area contributed by atoms with Crippen LogP contribution in [0.3, 0.4) is 0 Å². The van der Waals surface area contributed by atoms with E-state index in [-0.39, 0.29) is 5.41 Å². The van der Waals surface area contributed by atoms with E-state index in [2.05, 4.69) is 38.7 Å². The van der Waals surface area contributed by atoms with E-state index in [1.54, 1.807) is 6.07 Å². The van der Waals surface area contributed by atoms with Gasteiger partial charge in [-0.25, -0.2) is 0 Å². The molecule has 92 valence electrons. The van der Waals surface area contributed by atoms with Crippen LogP contribution in [0, 0.1) is 16.7 Å². The molecule has 1 aromatic rings. The number of nitriles is 1. The first-order valence-corrected chi connectivity index (χ1v) is 5.80. The second kappa shape index (κ2) is 4.67. The molecule has 1 unspecified atom stereocenters.